The Morgan fingerprint density at radius 2 is 1.95 bits per heavy atom. The van der Waals surface area contributed by atoms with Gasteiger partial charge in [-0.3, -0.25) is 0 Å². The van der Waals surface area contributed by atoms with Crippen LogP contribution in [-0.4, -0.2) is 35.1 Å². The molecule has 5 nitrogen and oxygen atoms in total. The first-order valence-electron chi connectivity index (χ1n) is 6.87. The van der Waals surface area contributed by atoms with E-state index in [0.29, 0.717) is 17.3 Å². The van der Waals surface area contributed by atoms with Gasteiger partial charge in [-0.1, -0.05) is 18.9 Å². The van der Waals surface area contributed by atoms with Crippen LogP contribution in [0.1, 0.15) is 41.6 Å². The van der Waals surface area contributed by atoms with Crippen LogP contribution in [-0.2, 0) is 0 Å². The van der Waals surface area contributed by atoms with Gasteiger partial charge in [0.15, 0.2) is 0 Å². The maximum atomic E-state index is 12.1. The summed E-state index contributed by atoms with van der Waals surface area (Å²) >= 11 is 0. The van der Waals surface area contributed by atoms with Crippen molar-refractivity contribution in [2.45, 2.75) is 38.6 Å². The molecule has 0 spiro atoms. The molecule has 1 aromatic carbocycles. The first kappa shape index (κ1) is 14.4. The van der Waals surface area contributed by atoms with E-state index >= 15 is 0 Å². The van der Waals surface area contributed by atoms with Crippen LogP contribution in [0.5, 0.6) is 0 Å². The van der Waals surface area contributed by atoms with Gasteiger partial charge in [-0.25, -0.2) is 9.59 Å². The zero-order valence-electron chi connectivity index (χ0n) is 11.8. The molecule has 2 N–H and O–H groups in total. The summed E-state index contributed by atoms with van der Waals surface area (Å²) in [5.74, 6) is -0.984. The van der Waals surface area contributed by atoms with Crippen LogP contribution in [0.15, 0.2) is 18.2 Å². The monoisotopic (exact) mass is 276 g/mol. The number of nitrogens with one attached hydrogen (secondary N) is 1. The summed E-state index contributed by atoms with van der Waals surface area (Å²) in [5, 5.41) is 11.8. The van der Waals surface area contributed by atoms with Crippen molar-refractivity contribution in [1.29, 1.82) is 0 Å². The number of carbonyl (C=O) groups excluding carboxylic acids is 1. The average Bonchev–Trinajstić information content (AvgIpc) is 2.93. The summed E-state index contributed by atoms with van der Waals surface area (Å²) in [6.07, 6.45) is 4.41. The number of carbonyl (C=O) groups is 2. The number of aromatic carboxylic acids is 1. The lowest BCUT2D eigenvalue weighted by Crippen LogP contribution is -2.38. The SMILES string of the molecule is Cc1ccc(NC(=O)N(C)C2CCCC2)cc1C(=O)O. The van der Waals surface area contributed by atoms with E-state index in [0.717, 1.165) is 25.7 Å². The minimum atomic E-state index is -0.984. The number of aryl methyl sites for hydroxylation is 1. The standard InChI is InChI=1S/C15H20N2O3/c1-10-7-8-11(9-13(10)14(18)19)16-15(20)17(2)12-5-3-4-6-12/h7-9,12H,3-6H2,1-2H3,(H,16,20)(H,18,19). The number of anilines is 1. The fourth-order valence-electron chi connectivity index (χ4n) is 2.60. The highest BCUT2D eigenvalue weighted by Crippen LogP contribution is 2.23. The molecule has 1 fully saturated rings. The fraction of sp³-hybridized carbons (Fsp3) is 0.467. The lowest BCUT2D eigenvalue weighted by Gasteiger charge is -2.24. The molecule has 0 aliphatic heterocycles. The number of hydrogen-bond donors (Lipinski definition) is 2. The van der Waals surface area contributed by atoms with Gasteiger partial charge in [-0.15, -0.1) is 0 Å². The zero-order chi connectivity index (χ0) is 14.7. The smallest absolute Gasteiger partial charge is 0.336 e. The second-order valence-electron chi connectivity index (χ2n) is 5.31. The van der Waals surface area contributed by atoms with E-state index in [1.165, 1.54) is 6.07 Å². The van der Waals surface area contributed by atoms with E-state index in [9.17, 15) is 9.59 Å². The van der Waals surface area contributed by atoms with Crippen molar-refractivity contribution in [3.63, 3.8) is 0 Å². The van der Waals surface area contributed by atoms with Crippen LogP contribution in [0, 0.1) is 6.92 Å². The number of urea groups is 1. The van der Waals surface area contributed by atoms with Gasteiger partial charge >= 0.3 is 12.0 Å². The van der Waals surface area contributed by atoms with Crippen molar-refractivity contribution in [2.24, 2.45) is 0 Å². The molecule has 0 unspecified atom stereocenters. The molecule has 2 amide bonds. The Hall–Kier alpha value is -2.04. The third-order valence-electron chi connectivity index (χ3n) is 3.91. The molecule has 0 heterocycles. The lowest BCUT2D eigenvalue weighted by atomic mass is 10.1. The summed E-state index contributed by atoms with van der Waals surface area (Å²) in [7, 11) is 1.79. The van der Waals surface area contributed by atoms with E-state index in [4.69, 9.17) is 5.11 Å². The van der Waals surface area contributed by atoms with Gasteiger partial charge in [-0.2, -0.15) is 0 Å². The van der Waals surface area contributed by atoms with Gasteiger partial charge in [0, 0.05) is 18.8 Å². The topological polar surface area (TPSA) is 69.6 Å². The summed E-state index contributed by atoms with van der Waals surface area (Å²) in [4.78, 5) is 24.9. The Kier molecular flexibility index (Phi) is 4.27. The predicted octanol–water partition coefficient (Wildman–Crippen LogP) is 3.10. The average molecular weight is 276 g/mol. The highest BCUT2D eigenvalue weighted by atomic mass is 16.4. The highest BCUT2D eigenvalue weighted by Gasteiger charge is 2.23. The number of rotatable bonds is 3. The molecule has 0 aromatic heterocycles. The molecule has 0 atom stereocenters. The first-order chi connectivity index (χ1) is 9.49. The summed E-state index contributed by atoms with van der Waals surface area (Å²) in [6.45, 7) is 1.74. The van der Waals surface area contributed by atoms with Crippen LogP contribution in [0.4, 0.5) is 10.5 Å². The molecule has 1 aliphatic carbocycles. The maximum Gasteiger partial charge on any atom is 0.336 e. The number of carboxylic acids is 1. The van der Waals surface area contributed by atoms with Gasteiger partial charge in [0.25, 0.3) is 0 Å². The van der Waals surface area contributed by atoms with Crippen LogP contribution in [0.2, 0.25) is 0 Å². The minimum absolute atomic E-state index is 0.183. The number of amides is 2. The molecule has 5 heteroatoms. The molecule has 108 valence electrons. The summed E-state index contributed by atoms with van der Waals surface area (Å²) < 4.78 is 0. The Morgan fingerprint density at radius 1 is 1.30 bits per heavy atom. The molecule has 2 rings (SSSR count). The normalized spacial score (nSPS) is 15.1. The number of carboxylic acid groups (broad SMARTS) is 1. The summed E-state index contributed by atoms with van der Waals surface area (Å²) in [5.41, 5.74) is 1.41. The van der Waals surface area contributed by atoms with E-state index in [-0.39, 0.29) is 11.6 Å². The van der Waals surface area contributed by atoms with Gasteiger partial charge < -0.3 is 15.3 Å². The van der Waals surface area contributed by atoms with Crippen LogP contribution in [0.25, 0.3) is 0 Å². The molecule has 0 saturated heterocycles. The van der Waals surface area contributed by atoms with Gasteiger partial charge in [0.1, 0.15) is 0 Å². The number of benzene rings is 1. The molecule has 1 aliphatic rings. The largest absolute Gasteiger partial charge is 0.478 e. The summed E-state index contributed by atoms with van der Waals surface area (Å²) in [6, 6.07) is 5.03. The second-order valence-corrected chi connectivity index (χ2v) is 5.31. The molecule has 0 radical (unpaired) electrons. The lowest BCUT2D eigenvalue weighted by molar-refractivity contribution is 0.0696. The van der Waals surface area contributed by atoms with E-state index in [1.807, 2.05) is 0 Å². The molecular weight excluding hydrogens is 256 g/mol. The Bertz CT molecular complexity index is 522. The highest BCUT2D eigenvalue weighted by molar-refractivity contribution is 5.94. The van der Waals surface area contributed by atoms with Crippen molar-refractivity contribution in [3.8, 4) is 0 Å². The van der Waals surface area contributed by atoms with Crippen LogP contribution in [0.3, 0.4) is 0 Å². The minimum Gasteiger partial charge on any atom is -0.478 e. The third kappa shape index (κ3) is 3.10. The first-order valence-corrected chi connectivity index (χ1v) is 6.87. The van der Waals surface area contributed by atoms with Gasteiger partial charge in [-0.05, 0) is 37.5 Å². The fourth-order valence-corrected chi connectivity index (χ4v) is 2.60. The van der Waals surface area contributed by atoms with Crippen LogP contribution >= 0.6 is 0 Å². The molecule has 1 saturated carbocycles. The third-order valence-corrected chi connectivity index (χ3v) is 3.91. The van der Waals surface area contributed by atoms with E-state index < -0.39 is 5.97 Å². The van der Waals surface area contributed by atoms with Crippen molar-refractivity contribution < 1.29 is 14.7 Å². The van der Waals surface area contributed by atoms with Gasteiger partial charge in [0.2, 0.25) is 0 Å². The predicted molar refractivity (Wildman–Crippen MR) is 77.2 cm³/mol. The molecule has 0 bridgehead atoms. The Morgan fingerprint density at radius 3 is 2.55 bits per heavy atom. The number of hydrogen-bond acceptors (Lipinski definition) is 2. The van der Waals surface area contributed by atoms with E-state index in [2.05, 4.69) is 5.32 Å². The van der Waals surface area contributed by atoms with Gasteiger partial charge in [0.05, 0.1) is 5.56 Å². The quantitative estimate of drug-likeness (QED) is 0.891. The van der Waals surface area contributed by atoms with Crippen molar-refractivity contribution in [3.05, 3.63) is 29.3 Å². The Balaban J connectivity index is 2.07. The maximum absolute atomic E-state index is 12.1. The van der Waals surface area contributed by atoms with Crippen molar-refractivity contribution in [1.82, 2.24) is 4.90 Å². The second kappa shape index (κ2) is 5.94. The van der Waals surface area contributed by atoms with E-state index in [1.54, 1.807) is 31.0 Å². The van der Waals surface area contributed by atoms with Crippen LogP contribution < -0.4 is 5.32 Å². The number of nitrogens with zero attached hydrogens (tertiary/aromatic N) is 1. The Labute approximate surface area is 118 Å². The molecule has 20 heavy (non-hydrogen) atoms. The zero-order valence-corrected chi connectivity index (χ0v) is 11.8. The van der Waals surface area contributed by atoms with Crippen molar-refractivity contribution >= 4 is 17.7 Å². The molecule has 1 aromatic rings. The molecular formula is C15H20N2O3. The van der Waals surface area contributed by atoms with Crippen molar-refractivity contribution in [2.75, 3.05) is 12.4 Å².